The molecule has 5 nitrogen and oxygen atoms in total. The first kappa shape index (κ1) is 17.2. The quantitative estimate of drug-likeness (QED) is 0.813. The van der Waals surface area contributed by atoms with Gasteiger partial charge < -0.3 is 10.6 Å². The van der Waals surface area contributed by atoms with Crippen molar-refractivity contribution >= 4 is 38.7 Å². The first-order chi connectivity index (χ1) is 10.9. The SMILES string of the molecule is CCNC(=S)Nc1cccc(S(=O)(=O)N(C)c2ccccc2)c1. The Hall–Kier alpha value is -2.12. The lowest BCUT2D eigenvalue weighted by molar-refractivity contribution is 0.594. The van der Waals surface area contributed by atoms with Crippen LogP contribution in [0.25, 0.3) is 0 Å². The average Bonchev–Trinajstić information content (AvgIpc) is 2.55. The Morgan fingerprint density at radius 1 is 1.13 bits per heavy atom. The molecule has 23 heavy (non-hydrogen) atoms. The molecule has 122 valence electrons. The van der Waals surface area contributed by atoms with Crippen molar-refractivity contribution in [2.24, 2.45) is 0 Å². The van der Waals surface area contributed by atoms with Gasteiger partial charge in [0.25, 0.3) is 10.0 Å². The second kappa shape index (κ2) is 7.43. The third kappa shape index (κ3) is 4.20. The minimum absolute atomic E-state index is 0.202. The van der Waals surface area contributed by atoms with Crippen LogP contribution in [0.1, 0.15) is 6.92 Å². The maximum Gasteiger partial charge on any atom is 0.264 e. The van der Waals surface area contributed by atoms with Gasteiger partial charge in [0.1, 0.15) is 0 Å². The van der Waals surface area contributed by atoms with Crippen LogP contribution in [-0.4, -0.2) is 27.1 Å². The lowest BCUT2D eigenvalue weighted by atomic mass is 10.3. The van der Waals surface area contributed by atoms with Gasteiger partial charge in [-0.25, -0.2) is 8.42 Å². The minimum Gasteiger partial charge on any atom is -0.363 e. The first-order valence-corrected chi connectivity index (χ1v) is 8.99. The van der Waals surface area contributed by atoms with Crippen molar-refractivity contribution in [3.05, 3.63) is 54.6 Å². The molecular weight excluding hydrogens is 330 g/mol. The second-order valence-electron chi connectivity index (χ2n) is 4.82. The highest BCUT2D eigenvalue weighted by Gasteiger charge is 2.21. The van der Waals surface area contributed by atoms with Gasteiger partial charge in [-0.1, -0.05) is 24.3 Å². The summed E-state index contributed by atoms with van der Waals surface area (Å²) in [6.45, 7) is 2.63. The maximum atomic E-state index is 12.7. The standard InChI is InChI=1S/C16H19N3O2S2/c1-3-17-16(22)18-13-8-7-11-15(12-13)23(20,21)19(2)14-9-5-4-6-10-14/h4-12H,3H2,1-2H3,(H2,17,18,22). The molecule has 0 spiro atoms. The largest absolute Gasteiger partial charge is 0.363 e. The highest BCUT2D eigenvalue weighted by Crippen LogP contribution is 2.23. The lowest BCUT2D eigenvalue weighted by Crippen LogP contribution is -2.28. The van der Waals surface area contributed by atoms with Crippen molar-refractivity contribution in [1.82, 2.24) is 5.32 Å². The molecule has 0 heterocycles. The van der Waals surface area contributed by atoms with Gasteiger partial charge in [-0.15, -0.1) is 0 Å². The molecule has 0 aromatic heterocycles. The Morgan fingerprint density at radius 2 is 1.83 bits per heavy atom. The number of rotatable bonds is 5. The maximum absolute atomic E-state index is 12.7. The van der Waals surface area contributed by atoms with E-state index in [9.17, 15) is 8.42 Å². The summed E-state index contributed by atoms with van der Waals surface area (Å²) in [4.78, 5) is 0.202. The summed E-state index contributed by atoms with van der Waals surface area (Å²) in [6, 6.07) is 15.5. The molecule has 2 aromatic carbocycles. The Labute approximate surface area is 142 Å². The number of thiocarbonyl (C=S) groups is 1. The number of benzene rings is 2. The van der Waals surface area contributed by atoms with Crippen molar-refractivity contribution in [2.75, 3.05) is 23.2 Å². The van der Waals surface area contributed by atoms with Crippen LogP contribution in [0.5, 0.6) is 0 Å². The third-order valence-electron chi connectivity index (χ3n) is 3.21. The molecule has 0 amide bonds. The minimum atomic E-state index is -3.63. The van der Waals surface area contributed by atoms with Gasteiger partial charge >= 0.3 is 0 Å². The fourth-order valence-electron chi connectivity index (χ4n) is 2.00. The zero-order valence-electron chi connectivity index (χ0n) is 13.0. The van der Waals surface area contributed by atoms with E-state index >= 15 is 0 Å². The van der Waals surface area contributed by atoms with Gasteiger partial charge in [0.15, 0.2) is 5.11 Å². The molecular formula is C16H19N3O2S2. The molecule has 0 bridgehead atoms. The second-order valence-corrected chi connectivity index (χ2v) is 7.20. The molecule has 0 saturated carbocycles. The molecule has 0 unspecified atom stereocenters. The predicted octanol–water partition coefficient (Wildman–Crippen LogP) is 2.82. The molecule has 2 N–H and O–H groups in total. The zero-order chi connectivity index (χ0) is 16.9. The number of hydrogen-bond acceptors (Lipinski definition) is 3. The van der Waals surface area contributed by atoms with Crippen molar-refractivity contribution in [1.29, 1.82) is 0 Å². The van der Waals surface area contributed by atoms with Crippen LogP contribution in [0.2, 0.25) is 0 Å². The van der Waals surface area contributed by atoms with Gasteiger partial charge in [0.05, 0.1) is 10.6 Å². The monoisotopic (exact) mass is 349 g/mol. The number of sulfonamides is 1. The first-order valence-electron chi connectivity index (χ1n) is 7.14. The van der Waals surface area contributed by atoms with Gasteiger partial charge in [-0.05, 0) is 49.5 Å². The van der Waals surface area contributed by atoms with E-state index in [2.05, 4.69) is 10.6 Å². The summed E-state index contributed by atoms with van der Waals surface area (Å²) in [7, 11) is -2.10. The van der Waals surface area contributed by atoms with Gasteiger partial charge in [0.2, 0.25) is 0 Å². The van der Waals surface area contributed by atoms with E-state index in [0.29, 0.717) is 23.0 Å². The fraction of sp³-hybridized carbons (Fsp3) is 0.188. The highest BCUT2D eigenvalue weighted by molar-refractivity contribution is 7.92. The van der Waals surface area contributed by atoms with Gasteiger partial charge in [0, 0.05) is 19.3 Å². The van der Waals surface area contributed by atoms with E-state index in [0.717, 1.165) is 0 Å². The van der Waals surface area contributed by atoms with E-state index < -0.39 is 10.0 Å². The van der Waals surface area contributed by atoms with Crippen LogP contribution in [0.15, 0.2) is 59.5 Å². The number of para-hydroxylation sites is 1. The smallest absolute Gasteiger partial charge is 0.264 e. The summed E-state index contributed by atoms with van der Waals surface area (Å²) in [6.07, 6.45) is 0. The number of nitrogens with zero attached hydrogens (tertiary/aromatic N) is 1. The number of anilines is 2. The van der Waals surface area contributed by atoms with Gasteiger partial charge in [-0.3, -0.25) is 4.31 Å². The van der Waals surface area contributed by atoms with E-state index in [-0.39, 0.29) is 4.90 Å². The summed E-state index contributed by atoms with van der Waals surface area (Å²) >= 11 is 5.12. The summed E-state index contributed by atoms with van der Waals surface area (Å²) in [5, 5.41) is 6.39. The molecule has 0 fully saturated rings. The topological polar surface area (TPSA) is 61.4 Å². The van der Waals surface area contributed by atoms with Crippen LogP contribution in [0.4, 0.5) is 11.4 Å². The molecule has 0 saturated heterocycles. The third-order valence-corrected chi connectivity index (χ3v) is 5.24. The van der Waals surface area contributed by atoms with E-state index in [1.54, 1.807) is 48.5 Å². The Morgan fingerprint density at radius 3 is 2.48 bits per heavy atom. The van der Waals surface area contributed by atoms with E-state index in [1.165, 1.54) is 11.4 Å². The van der Waals surface area contributed by atoms with Crippen LogP contribution in [0, 0.1) is 0 Å². The highest BCUT2D eigenvalue weighted by atomic mass is 32.2. The van der Waals surface area contributed by atoms with Crippen molar-refractivity contribution in [3.8, 4) is 0 Å². The van der Waals surface area contributed by atoms with E-state index in [4.69, 9.17) is 12.2 Å². The summed E-state index contributed by atoms with van der Waals surface area (Å²) in [5.74, 6) is 0. The summed E-state index contributed by atoms with van der Waals surface area (Å²) < 4.78 is 26.8. The molecule has 2 rings (SSSR count). The van der Waals surface area contributed by atoms with Crippen LogP contribution in [-0.2, 0) is 10.0 Å². The molecule has 0 aliphatic carbocycles. The van der Waals surface area contributed by atoms with Crippen LogP contribution >= 0.6 is 12.2 Å². The average molecular weight is 349 g/mol. The van der Waals surface area contributed by atoms with Crippen LogP contribution < -0.4 is 14.9 Å². The van der Waals surface area contributed by atoms with Crippen molar-refractivity contribution in [3.63, 3.8) is 0 Å². The Bertz CT molecular complexity index is 777. The Kier molecular flexibility index (Phi) is 5.57. The molecule has 0 aliphatic heterocycles. The Balaban J connectivity index is 2.28. The molecule has 0 radical (unpaired) electrons. The van der Waals surface area contributed by atoms with Crippen molar-refractivity contribution in [2.45, 2.75) is 11.8 Å². The van der Waals surface area contributed by atoms with Crippen LogP contribution in [0.3, 0.4) is 0 Å². The molecule has 2 aromatic rings. The molecule has 0 aliphatic rings. The fourth-order valence-corrected chi connectivity index (χ4v) is 3.51. The normalized spacial score (nSPS) is 10.9. The van der Waals surface area contributed by atoms with E-state index in [1.807, 2.05) is 13.0 Å². The molecule has 7 heteroatoms. The summed E-state index contributed by atoms with van der Waals surface area (Å²) in [5.41, 5.74) is 1.23. The number of nitrogens with one attached hydrogen (secondary N) is 2. The molecule has 0 atom stereocenters. The predicted molar refractivity (Wildman–Crippen MR) is 98.4 cm³/mol. The zero-order valence-corrected chi connectivity index (χ0v) is 14.6. The number of hydrogen-bond donors (Lipinski definition) is 2. The van der Waals surface area contributed by atoms with Crippen molar-refractivity contribution < 1.29 is 8.42 Å². The van der Waals surface area contributed by atoms with Gasteiger partial charge in [-0.2, -0.15) is 0 Å². The lowest BCUT2D eigenvalue weighted by Gasteiger charge is -2.20.